The van der Waals surface area contributed by atoms with Crippen molar-refractivity contribution in [3.63, 3.8) is 0 Å². The van der Waals surface area contributed by atoms with Crippen LogP contribution in [0.2, 0.25) is 0 Å². The summed E-state index contributed by atoms with van der Waals surface area (Å²) in [5.41, 5.74) is 2.67. The highest BCUT2D eigenvalue weighted by atomic mass is 16.5. The van der Waals surface area contributed by atoms with E-state index in [1.165, 1.54) is 11.1 Å². The van der Waals surface area contributed by atoms with E-state index in [4.69, 9.17) is 4.74 Å². The smallest absolute Gasteiger partial charge is 0.223 e. The molecule has 1 heterocycles. The molecule has 5 nitrogen and oxygen atoms in total. The Bertz CT molecular complexity index is 602. The van der Waals surface area contributed by atoms with Gasteiger partial charge in [-0.15, -0.1) is 0 Å². The fraction of sp³-hybridized carbons (Fsp3) is 0.579. The van der Waals surface area contributed by atoms with Gasteiger partial charge in [0.1, 0.15) is 0 Å². The summed E-state index contributed by atoms with van der Waals surface area (Å²) in [6, 6.07) is 8.38. The van der Waals surface area contributed by atoms with Gasteiger partial charge in [0.15, 0.2) is 0 Å². The Balaban J connectivity index is 1.46. The summed E-state index contributed by atoms with van der Waals surface area (Å²) in [6.07, 6.45) is 3.23. The molecule has 1 fully saturated rings. The van der Waals surface area contributed by atoms with Crippen LogP contribution in [-0.4, -0.2) is 50.1 Å². The molecular weight excluding hydrogens is 304 g/mol. The van der Waals surface area contributed by atoms with E-state index >= 15 is 0 Å². The molecule has 130 valence electrons. The van der Waals surface area contributed by atoms with E-state index in [1.54, 1.807) is 7.11 Å². The van der Waals surface area contributed by atoms with Crippen LogP contribution in [0, 0.1) is 11.8 Å². The molecule has 24 heavy (non-hydrogen) atoms. The first-order valence-corrected chi connectivity index (χ1v) is 8.78. The van der Waals surface area contributed by atoms with Crippen LogP contribution in [0.5, 0.6) is 0 Å². The molecule has 0 bridgehead atoms. The summed E-state index contributed by atoms with van der Waals surface area (Å²) in [5.74, 6) is 0.570. The molecule has 3 rings (SSSR count). The summed E-state index contributed by atoms with van der Waals surface area (Å²) in [4.78, 5) is 26.2. The van der Waals surface area contributed by atoms with Crippen molar-refractivity contribution >= 4 is 11.8 Å². The number of rotatable bonds is 6. The van der Waals surface area contributed by atoms with E-state index in [9.17, 15) is 9.59 Å². The van der Waals surface area contributed by atoms with E-state index in [0.717, 1.165) is 25.8 Å². The molecule has 2 amide bonds. The molecule has 1 N–H and O–H groups in total. The zero-order chi connectivity index (χ0) is 16.9. The summed E-state index contributed by atoms with van der Waals surface area (Å²) >= 11 is 0. The third-order valence-electron chi connectivity index (χ3n) is 5.14. The van der Waals surface area contributed by atoms with Gasteiger partial charge in [0, 0.05) is 45.0 Å². The average molecular weight is 330 g/mol. The number of carbonyl (C=O) groups excluding carboxylic acids is 2. The number of hydrogen-bond donors (Lipinski definition) is 1. The highest BCUT2D eigenvalue weighted by Crippen LogP contribution is 2.25. The predicted molar refractivity (Wildman–Crippen MR) is 91.5 cm³/mol. The molecule has 1 aliphatic heterocycles. The van der Waals surface area contributed by atoms with Gasteiger partial charge in [0.25, 0.3) is 0 Å². The van der Waals surface area contributed by atoms with Crippen LogP contribution in [-0.2, 0) is 27.2 Å². The van der Waals surface area contributed by atoms with Crippen LogP contribution < -0.4 is 5.32 Å². The van der Waals surface area contributed by atoms with Crippen molar-refractivity contribution in [2.75, 3.05) is 33.4 Å². The Morgan fingerprint density at radius 3 is 2.88 bits per heavy atom. The number of aryl methyl sites for hydroxylation is 1. The Kier molecular flexibility index (Phi) is 5.51. The quantitative estimate of drug-likeness (QED) is 0.858. The largest absolute Gasteiger partial charge is 0.383 e. The number of nitrogens with zero attached hydrogens (tertiary/aromatic N) is 1. The molecular formula is C19H26N2O3. The molecule has 2 aliphatic rings. The maximum atomic E-state index is 12.5. The molecule has 1 saturated heterocycles. The van der Waals surface area contributed by atoms with Crippen LogP contribution in [0.3, 0.4) is 0 Å². The summed E-state index contributed by atoms with van der Waals surface area (Å²) < 4.78 is 5.03. The lowest BCUT2D eigenvalue weighted by Gasteiger charge is -2.24. The third-order valence-corrected chi connectivity index (χ3v) is 5.14. The van der Waals surface area contributed by atoms with E-state index in [-0.39, 0.29) is 23.7 Å². The molecule has 1 aromatic rings. The second-order valence-electron chi connectivity index (χ2n) is 6.86. The van der Waals surface area contributed by atoms with Crippen LogP contribution in [0.1, 0.15) is 24.0 Å². The second kappa shape index (κ2) is 7.79. The molecule has 0 aromatic heterocycles. The third kappa shape index (κ3) is 3.96. The fourth-order valence-electron chi connectivity index (χ4n) is 3.72. The molecule has 5 heteroatoms. The van der Waals surface area contributed by atoms with Gasteiger partial charge in [0.05, 0.1) is 6.61 Å². The zero-order valence-corrected chi connectivity index (χ0v) is 14.3. The van der Waals surface area contributed by atoms with Crippen LogP contribution >= 0.6 is 0 Å². The number of fused-ring (bicyclic) bond motifs is 1. The number of amides is 2. The van der Waals surface area contributed by atoms with Gasteiger partial charge < -0.3 is 15.0 Å². The zero-order valence-electron chi connectivity index (χ0n) is 14.3. The van der Waals surface area contributed by atoms with Gasteiger partial charge in [0.2, 0.25) is 11.8 Å². The first-order chi connectivity index (χ1) is 11.7. The number of carbonyl (C=O) groups is 2. The van der Waals surface area contributed by atoms with Crippen LogP contribution in [0.25, 0.3) is 0 Å². The van der Waals surface area contributed by atoms with Crippen molar-refractivity contribution in [3.05, 3.63) is 35.4 Å². The van der Waals surface area contributed by atoms with Gasteiger partial charge >= 0.3 is 0 Å². The Morgan fingerprint density at radius 2 is 2.08 bits per heavy atom. The van der Waals surface area contributed by atoms with Gasteiger partial charge in [-0.3, -0.25) is 9.59 Å². The lowest BCUT2D eigenvalue weighted by atomic mass is 9.83. The fourth-order valence-corrected chi connectivity index (χ4v) is 3.72. The minimum Gasteiger partial charge on any atom is -0.383 e. The summed E-state index contributed by atoms with van der Waals surface area (Å²) in [7, 11) is 1.64. The van der Waals surface area contributed by atoms with Gasteiger partial charge in [-0.2, -0.15) is 0 Å². The maximum Gasteiger partial charge on any atom is 0.223 e. The van der Waals surface area contributed by atoms with E-state index in [1.807, 2.05) is 11.0 Å². The lowest BCUT2D eigenvalue weighted by molar-refractivity contribution is -0.128. The molecule has 0 radical (unpaired) electrons. The highest BCUT2D eigenvalue weighted by molar-refractivity contribution is 5.80. The minimum absolute atomic E-state index is 0.0570. The van der Waals surface area contributed by atoms with Crippen molar-refractivity contribution in [2.45, 2.75) is 25.7 Å². The van der Waals surface area contributed by atoms with E-state index in [0.29, 0.717) is 26.1 Å². The lowest BCUT2D eigenvalue weighted by Crippen LogP contribution is -2.37. The molecule has 2 atom stereocenters. The number of likely N-dealkylation sites (tertiary alicyclic amines) is 1. The van der Waals surface area contributed by atoms with Gasteiger partial charge in [-0.1, -0.05) is 24.3 Å². The van der Waals surface area contributed by atoms with Crippen molar-refractivity contribution < 1.29 is 14.3 Å². The molecule has 0 saturated carbocycles. The number of hydrogen-bond acceptors (Lipinski definition) is 3. The van der Waals surface area contributed by atoms with E-state index < -0.39 is 0 Å². The molecule has 1 aromatic carbocycles. The highest BCUT2D eigenvalue weighted by Gasteiger charge is 2.30. The number of methoxy groups -OCH3 is 1. The van der Waals surface area contributed by atoms with Crippen molar-refractivity contribution in [1.82, 2.24) is 10.2 Å². The first kappa shape index (κ1) is 17.0. The summed E-state index contributed by atoms with van der Waals surface area (Å²) in [6.45, 7) is 2.51. The number of benzene rings is 1. The van der Waals surface area contributed by atoms with Crippen LogP contribution in [0.15, 0.2) is 24.3 Å². The predicted octanol–water partition coefficient (Wildman–Crippen LogP) is 1.40. The van der Waals surface area contributed by atoms with Crippen molar-refractivity contribution in [2.24, 2.45) is 11.8 Å². The summed E-state index contributed by atoms with van der Waals surface area (Å²) in [5, 5.41) is 3.07. The second-order valence-corrected chi connectivity index (χ2v) is 6.86. The monoisotopic (exact) mass is 330 g/mol. The standard InChI is InChI=1S/C19H26N2O3/c1-24-9-8-21-13-14(10-18(21)22)12-20-19(23)17-7-6-15-4-2-3-5-16(15)11-17/h2-5,14,17H,6-13H2,1H3,(H,20,23)/t14-,17+/m1/s1. The van der Waals surface area contributed by atoms with Crippen molar-refractivity contribution in [3.8, 4) is 0 Å². The topological polar surface area (TPSA) is 58.6 Å². The Hall–Kier alpha value is -1.88. The molecule has 1 aliphatic carbocycles. The van der Waals surface area contributed by atoms with Crippen LogP contribution in [0.4, 0.5) is 0 Å². The molecule has 0 spiro atoms. The normalized spacial score (nSPS) is 23.2. The molecule has 0 unspecified atom stereocenters. The van der Waals surface area contributed by atoms with Crippen molar-refractivity contribution in [1.29, 1.82) is 0 Å². The SMILES string of the molecule is COCCN1C[C@@H](CNC(=O)[C@H]2CCc3ccccc3C2)CC1=O. The average Bonchev–Trinajstić information content (AvgIpc) is 2.97. The Morgan fingerprint density at radius 1 is 1.29 bits per heavy atom. The first-order valence-electron chi connectivity index (χ1n) is 8.78. The van der Waals surface area contributed by atoms with Gasteiger partial charge in [-0.05, 0) is 30.4 Å². The Labute approximate surface area is 143 Å². The van der Waals surface area contributed by atoms with E-state index in [2.05, 4.69) is 23.5 Å². The minimum atomic E-state index is 0.0570. The van der Waals surface area contributed by atoms with Gasteiger partial charge in [-0.25, -0.2) is 0 Å². The maximum absolute atomic E-state index is 12.5. The number of nitrogens with one attached hydrogen (secondary N) is 1. The number of ether oxygens (including phenoxy) is 1.